The lowest BCUT2D eigenvalue weighted by Crippen LogP contribution is -2.42. The van der Waals surface area contributed by atoms with Gasteiger partial charge >= 0.3 is 0 Å². The molecule has 0 saturated carbocycles. The fourth-order valence-corrected chi connectivity index (χ4v) is 3.58. The molecule has 3 rings (SSSR count). The van der Waals surface area contributed by atoms with Gasteiger partial charge in [0, 0.05) is 50.9 Å². The van der Waals surface area contributed by atoms with Gasteiger partial charge in [-0.3, -0.25) is 4.79 Å². The van der Waals surface area contributed by atoms with Crippen molar-refractivity contribution in [3.8, 4) is 0 Å². The van der Waals surface area contributed by atoms with Crippen LogP contribution in [0.3, 0.4) is 0 Å². The zero-order valence-electron chi connectivity index (χ0n) is 9.60. The molecule has 0 aliphatic carbocycles. The second kappa shape index (κ2) is 4.85. The maximum Gasteiger partial charge on any atom is 0.280 e. The predicted octanol–water partition coefficient (Wildman–Crippen LogP) is 1.57. The zero-order chi connectivity index (χ0) is 12.7. The first-order valence-corrected chi connectivity index (χ1v) is 7.27. The van der Waals surface area contributed by atoms with Gasteiger partial charge in [-0.25, -0.2) is 13.8 Å². The van der Waals surface area contributed by atoms with Gasteiger partial charge < -0.3 is 4.90 Å². The van der Waals surface area contributed by atoms with Crippen molar-refractivity contribution in [2.75, 3.05) is 37.6 Å². The summed E-state index contributed by atoms with van der Waals surface area (Å²) in [7, 11) is 0. The van der Waals surface area contributed by atoms with Crippen LogP contribution in [0.25, 0.3) is 0 Å². The molecule has 1 fully saturated rings. The normalized spacial score (nSPS) is 21.3. The van der Waals surface area contributed by atoms with Crippen molar-refractivity contribution >= 4 is 45.9 Å². The molecule has 98 valence electrons. The Morgan fingerprint density at radius 1 is 1.11 bits per heavy atom. The lowest BCUT2D eigenvalue weighted by atomic mass is 10.2. The average Bonchev–Trinajstić information content (AvgIpc) is 2.80. The summed E-state index contributed by atoms with van der Waals surface area (Å²) in [6.07, 6.45) is 0.733. The minimum Gasteiger partial charge on any atom is -0.345 e. The molecule has 0 atom stereocenters. The molecule has 0 radical (unpaired) electrons. The van der Waals surface area contributed by atoms with Gasteiger partial charge in [0.05, 0.1) is 5.69 Å². The lowest BCUT2D eigenvalue weighted by Gasteiger charge is -2.30. The van der Waals surface area contributed by atoms with Crippen LogP contribution in [-0.4, -0.2) is 52.5 Å². The highest BCUT2D eigenvalue weighted by Crippen LogP contribution is 2.31. The summed E-state index contributed by atoms with van der Waals surface area (Å²) in [5, 5.41) is 0.907. The summed E-state index contributed by atoms with van der Waals surface area (Å²) >= 11 is 13.2. The van der Waals surface area contributed by atoms with Crippen LogP contribution in [0.1, 0.15) is 15.4 Å². The van der Waals surface area contributed by atoms with Crippen molar-refractivity contribution in [1.82, 2.24) is 13.8 Å². The van der Waals surface area contributed by atoms with Gasteiger partial charge in [0.1, 0.15) is 4.88 Å². The highest BCUT2D eigenvalue weighted by atomic mass is 35.5. The second-order valence-electron chi connectivity index (χ2n) is 4.31. The number of anilines is 1. The molecule has 1 aromatic rings. The molecule has 0 spiro atoms. The molecule has 1 amide bonds. The molecule has 0 bridgehead atoms. The Morgan fingerprint density at radius 3 is 2.56 bits per heavy atom. The quantitative estimate of drug-likeness (QED) is 0.739. The number of piperazine rings is 1. The SMILES string of the molecule is O=C1c2sc(N3CCN(Cl)CC3)nc2CCN1Cl. The molecule has 3 heterocycles. The molecule has 0 N–H and O–H groups in total. The molecule has 1 aromatic heterocycles. The highest BCUT2D eigenvalue weighted by molar-refractivity contribution is 7.17. The number of amides is 1. The Labute approximate surface area is 119 Å². The smallest absolute Gasteiger partial charge is 0.280 e. The fourth-order valence-electron chi connectivity index (χ4n) is 2.10. The van der Waals surface area contributed by atoms with Gasteiger partial charge in [-0.05, 0) is 11.8 Å². The number of nitrogens with zero attached hydrogens (tertiary/aromatic N) is 4. The molecule has 8 heteroatoms. The molecule has 0 aromatic carbocycles. The van der Waals surface area contributed by atoms with Gasteiger partial charge in [0.15, 0.2) is 5.13 Å². The van der Waals surface area contributed by atoms with Gasteiger partial charge in [0.2, 0.25) is 0 Å². The van der Waals surface area contributed by atoms with E-state index in [1.165, 1.54) is 15.8 Å². The summed E-state index contributed by atoms with van der Waals surface area (Å²) in [4.78, 5) is 19.3. The van der Waals surface area contributed by atoms with E-state index in [9.17, 15) is 4.79 Å². The monoisotopic (exact) mass is 306 g/mol. The highest BCUT2D eigenvalue weighted by Gasteiger charge is 2.29. The number of halogens is 2. The average molecular weight is 307 g/mol. The molecule has 2 aliphatic heterocycles. The van der Waals surface area contributed by atoms with E-state index in [1.54, 1.807) is 4.42 Å². The molecule has 18 heavy (non-hydrogen) atoms. The number of thiazole rings is 1. The van der Waals surface area contributed by atoms with Crippen molar-refractivity contribution in [2.45, 2.75) is 6.42 Å². The molecular weight excluding hydrogens is 295 g/mol. The first-order chi connectivity index (χ1) is 8.65. The molecule has 1 saturated heterocycles. The van der Waals surface area contributed by atoms with Crippen LogP contribution in [-0.2, 0) is 6.42 Å². The van der Waals surface area contributed by atoms with Crippen LogP contribution in [0.5, 0.6) is 0 Å². The van der Waals surface area contributed by atoms with E-state index in [0.29, 0.717) is 11.4 Å². The predicted molar refractivity (Wildman–Crippen MR) is 72.3 cm³/mol. The second-order valence-corrected chi connectivity index (χ2v) is 6.17. The number of carbonyl (C=O) groups excluding carboxylic acids is 1. The van der Waals surface area contributed by atoms with Gasteiger partial charge in [-0.15, -0.1) is 0 Å². The van der Waals surface area contributed by atoms with E-state index in [4.69, 9.17) is 23.6 Å². The number of rotatable bonds is 1. The third kappa shape index (κ3) is 2.18. The number of carbonyl (C=O) groups is 1. The van der Waals surface area contributed by atoms with Crippen LogP contribution in [0, 0.1) is 0 Å². The third-order valence-electron chi connectivity index (χ3n) is 3.14. The molecule has 0 unspecified atom stereocenters. The summed E-state index contributed by atoms with van der Waals surface area (Å²) < 4.78 is 3.01. The van der Waals surface area contributed by atoms with Crippen molar-refractivity contribution in [1.29, 1.82) is 0 Å². The minimum absolute atomic E-state index is 0.127. The van der Waals surface area contributed by atoms with E-state index in [2.05, 4.69) is 9.88 Å². The number of fused-ring (bicyclic) bond motifs is 1. The Kier molecular flexibility index (Phi) is 3.36. The van der Waals surface area contributed by atoms with Crippen LogP contribution in [0.15, 0.2) is 0 Å². The maximum atomic E-state index is 11.9. The van der Waals surface area contributed by atoms with Gasteiger partial charge in [-0.1, -0.05) is 11.3 Å². The fraction of sp³-hybridized carbons (Fsp3) is 0.600. The number of hydrogen-bond donors (Lipinski definition) is 0. The summed E-state index contributed by atoms with van der Waals surface area (Å²) in [5.74, 6) is -0.127. The number of aromatic nitrogens is 1. The Morgan fingerprint density at radius 2 is 1.83 bits per heavy atom. The van der Waals surface area contributed by atoms with Crippen LogP contribution < -0.4 is 4.90 Å². The van der Waals surface area contributed by atoms with Crippen molar-refractivity contribution < 1.29 is 4.79 Å². The van der Waals surface area contributed by atoms with Crippen molar-refractivity contribution in [3.63, 3.8) is 0 Å². The molecule has 2 aliphatic rings. The van der Waals surface area contributed by atoms with Crippen LogP contribution in [0.2, 0.25) is 0 Å². The van der Waals surface area contributed by atoms with Crippen molar-refractivity contribution in [3.05, 3.63) is 10.6 Å². The molecule has 5 nitrogen and oxygen atoms in total. The Balaban J connectivity index is 1.83. The lowest BCUT2D eigenvalue weighted by molar-refractivity contribution is 0.0856. The van der Waals surface area contributed by atoms with E-state index in [1.807, 2.05) is 0 Å². The number of hydrogen-bond acceptors (Lipinski definition) is 5. The third-order valence-corrected chi connectivity index (χ3v) is 4.95. The van der Waals surface area contributed by atoms with Crippen LogP contribution >= 0.6 is 34.9 Å². The maximum absolute atomic E-state index is 11.9. The first kappa shape index (κ1) is 12.5. The van der Waals surface area contributed by atoms with Gasteiger partial charge in [-0.2, -0.15) is 0 Å². The van der Waals surface area contributed by atoms with E-state index >= 15 is 0 Å². The summed E-state index contributed by atoms with van der Waals surface area (Å²) in [6.45, 7) is 3.83. The minimum atomic E-state index is -0.127. The van der Waals surface area contributed by atoms with E-state index in [-0.39, 0.29) is 5.91 Å². The topological polar surface area (TPSA) is 39.7 Å². The van der Waals surface area contributed by atoms with E-state index in [0.717, 1.165) is 43.4 Å². The largest absolute Gasteiger partial charge is 0.345 e. The molecular formula is C10H12Cl2N4OS. The standard InChI is InChI=1S/C10H12Cl2N4OS/c11-15-5-3-14(4-6-15)10-13-7-1-2-16(12)9(17)8(7)18-10/h1-6H2. The van der Waals surface area contributed by atoms with Crippen LogP contribution in [0.4, 0.5) is 5.13 Å². The Hall–Kier alpha value is -0.560. The zero-order valence-corrected chi connectivity index (χ0v) is 11.9. The van der Waals surface area contributed by atoms with E-state index < -0.39 is 0 Å². The summed E-state index contributed by atoms with van der Waals surface area (Å²) in [6, 6.07) is 0. The van der Waals surface area contributed by atoms with Gasteiger partial charge in [0.25, 0.3) is 5.91 Å². The van der Waals surface area contributed by atoms with Crippen molar-refractivity contribution in [2.24, 2.45) is 0 Å². The Bertz CT molecular complexity index is 472. The summed E-state index contributed by atoms with van der Waals surface area (Å²) in [5.41, 5.74) is 0.880. The first-order valence-electron chi connectivity index (χ1n) is 5.78.